The Hall–Kier alpha value is -0.400. The highest BCUT2D eigenvalue weighted by Gasteiger charge is 2.07. The Morgan fingerprint density at radius 2 is 2.05 bits per heavy atom. The molecule has 0 aromatic carbocycles. The lowest BCUT2D eigenvalue weighted by Gasteiger charge is -2.21. The van der Waals surface area contributed by atoms with Gasteiger partial charge in [0.15, 0.2) is 5.96 Å². The molecule has 0 aliphatic heterocycles. The van der Waals surface area contributed by atoms with Gasteiger partial charge in [0.25, 0.3) is 6.43 Å². The zero-order valence-corrected chi connectivity index (χ0v) is 14.2. The van der Waals surface area contributed by atoms with Gasteiger partial charge in [-0.1, -0.05) is 12.5 Å². The van der Waals surface area contributed by atoms with Crippen LogP contribution < -0.4 is 5.32 Å². The molecule has 0 bridgehead atoms. The maximum atomic E-state index is 12.1. The first kappa shape index (κ1) is 20.9. The molecular formula is C13H26F2IN3. The second-order valence-corrected chi connectivity index (χ2v) is 4.15. The molecule has 3 nitrogen and oxygen atoms in total. The largest absolute Gasteiger partial charge is 0.357 e. The molecule has 0 aromatic heterocycles. The van der Waals surface area contributed by atoms with Gasteiger partial charge < -0.3 is 10.2 Å². The molecule has 0 rings (SSSR count). The lowest BCUT2D eigenvalue weighted by atomic mass is 10.2. The van der Waals surface area contributed by atoms with Crippen LogP contribution >= 0.6 is 24.0 Å². The Bertz CT molecular complexity index is 248. The molecule has 0 radical (unpaired) electrons. The van der Waals surface area contributed by atoms with Gasteiger partial charge >= 0.3 is 0 Å². The molecule has 0 spiro atoms. The smallest absolute Gasteiger partial charge is 0.257 e. The van der Waals surface area contributed by atoms with Crippen molar-refractivity contribution in [1.29, 1.82) is 0 Å². The molecule has 0 atom stereocenters. The molecule has 19 heavy (non-hydrogen) atoms. The molecule has 114 valence electrons. The number of nitrogens with one attached hydrogen (secondary N) is 1. The number of halogens is 3. The van der Waals surface area contributed by atoms with Gasteiger partial charge in [0.2, 0.25) is 0 Å². The Labute approximate surface area is 132 Å². The van der Waals surface area contributed by atoms with Gasteiger partial charge in [-0.15, -0.1) is 30.6 Å². The van der Waals surface area contributed by atoms with Crippen molar-refractivity contribution >= 4 is 29.9 Å². The minimum atomic E-state index is -2.39. The fourth-order valence-corrected chi connectivity index (χ4v) is 1.55. The van der Waals surface area contributed by atoms with Crippen LogP contribution in [0.15, 0.2) is 17.6 Å². The van der Waals surface area contributed by atoms with Crippen molar-refractivity contribution in [3.8, 4) is 0 Å². The third kappa shape index (κ3) is 12.4. The quantitative estimate of drug-likeness (QED) is 0.215. The van der Waals surface area contributed by atoms with Crippen molar-refractivity contribution in [3.05, 3.63) is 12.7 Å². The fraction of sp³-hybridized carbons (Fsp3) is 0.769. The third-order valence-electron chi connectivity index (χ3n) is 2.48. The predicted molar refractivity (Wildman–Crippen MR) is 88.7 cm³/mol. The van der Waals surface area contributed by atoms with Crippen molar-refractivity contribution in [2.45, 2.75) is 39.0 Å². The molecule has 0 amide bonds. The monoisotopic (exact) mass is 389 g/mol. The average Bonchev–Trinajstić information content (AvgIpc) is 2.33. The molecule has 0 saturated heterocycles. The highest BCUT2D eigenvalue weighted by atomic mass is 127. The molecule has 0 unspecified atom stereocenters. The topological polar surface area (TPSA) is 27.6 Å². The summed E-state index contributed by atoms with van der Waals surface area (Å²) in [5, 5.41) is 3.02. The molecule has 0 saturated carbocycles. The number of rotatable bonds is 9. The van der Waals surface area contributed by atoms with Crippen molar-refractivity contribution < 1.29 is 8.78 Å². The number of alkyl halides is 2. The first-order chi connectivity index (χ1) is 8.61. The number of hydrogen-bond donors (Lipinski definition) is 1. The maximum Gasteiger partial charge on any atom is 0.257 e. The van der Waals surface area contributed by atoms with Crippen LogP contribution in [0.1, 0.15) is 32.6 Å². The van der Waals surface area contributed by atoms with Gasteiger partial charge in [-0.2, -0.15) is 0 Å². The summed E-state index contributed by atoms with van der Waals surface area (Å²) in [5.41, 5.74) is 0. The van der Waals surface area contributed by atoms with E-state index in [2.05, 4.69) is 16.9 Å². The second kappa shape index (κ2) is 14.0. The van der Waals surface area contributed by atoms with Crippen LogP contribution in [-0.4, -0.2) is 44.0 Å². The van der Waals surface area contributed by atoms with E-state index in [1.807, 2.05) is 24.9 Å². The third-order valence-corrected chi connectivity index (χ3v) is 2.48. The van der Waals surface area contributed by atoms with E-state index in [-0.39, 0.29) is 24.0 Å². The van der Waals surface area contributed by atoms with Crippen LogP contribution in [-0.2, 0) is 0 Å². The van der Waals surface area contributed by atoms with Crippen LogP contribution in [0.2, 0.25) is 0 Å². The lowest BCUT2D eigenvalue weighted by molar-refractivity contribution is 0.158. The van der Waals surface area contributed by atoms with Crippen molar-refractivity contribution in [3.63, 3.8) is 0 Å². The van der Waals surface area contributed by atoms with E-state index in [1.165, 1.54) is 0 Å². The van der Waals surface area contributed by atoms with E-state index in [0.717, 1.165) is 32.2 Å². The highest BCUT2D eigenvalue weighted by molar-refractivity contribution is 14.0. The number of guanidine groups is 1. The van der Waals surface area contributed by atoms with E-state index in [4.69, 9.17) is 0 Å². The molecule has 0 aliphatic rings. The summed E-state index contributed by atoms with van der Waals surface area (Å²) in [6.07, 6.45) is 3.83. The first-order valence-electron chi connectivity index (χ1n) is 6.50. The van der Waals surface area contributed by atoms with Crippen LogP contribution in [0.5, 0.6) is 0 Å². The normalized spacial score (nSPS) is 11.1. The molecular weight excluding hydrogens is 363 g/mol. The van der Waals surface area contributed by atoms with Crippen LogP contribution in [0.4, 0.5) is 8.78 Å². The van der Waals surface area contributed by atoms with Gasteiger partial charge in [-0.05, 0) is 26.2 Å². The van der Waals surface area contributed by atoms with Crippen LogP contribution in [0.25, 0.3) is 0 Å². The summed E-state index contributed by atoms with van der Waals surface area (Å²) in [7, 11) is 1.88. The van der Waals surface area contributed by atoms with Gasteiger partial charge in [-0.3, -0.25) is 0 Å². The summed E-state index contributed by atoms with van der Waals surface area (Å²) >= 11 is 0. The van der Waals surface area contributed by atoms with E-state index < -0.39 is 13.0 Å². The summed E-state index contributed by atoms with van der Waals surface area (Å²) < 4.78 is 24.3. The summed E-state index contributed by atoms with van der Waals surface area (Å²) in [6.45, 7) is 6.67. The van der Waals surface area contributed by atoms with Gasteiger partial charge in [0.05, 0.1) is 0 Å². The average molecular weight is 389 g/mol. The van der Waals surface area contributed by atoms with E-state index in [0.29, 0.717) is 12.5 Å². The highest BCUT2D eigenvalue weighted by Crippen LogP contribution is 2.02. The number of nitrogens with zero attached hydrogens (tertiary/aromatic N) is 2. The Balaban J connectivity index is 0. The number of unbranched alkanes of at least 4 members (excludes halogenated alkanes) is 3. The fourth-order valence-electron chi connectivity index (χ4n) is 1.55. The van der Waals surface area contributed by atoms with E-state index in [1.54, 1.807) is 0 Å². The summed E-state index contributed by atoms with van der Waals surface area (Å²) in [6, 6.07) is 0. The minimum Gasteiger partial charge on any atom is -0.357 e. The van der Waals surface area contributed by atoms with Crippen molar-refractivity contribution in [1.82, 2.24) is 10.2 Å². The number of hydrogen-bond acceptors (Lipinski definition) is 1. The summed E-state index contributed by atoms with van der Waals surface area (Å²) in [5.74, 6) is 0.557. The van der Waals surface area contributed by atoms with E-state index in [9.17, 15) is 8.78 Å². The Morgan fingerprint density at radius 3 is 2.58 bits per heavy atom. The molecule has 1 N–H and O–H groups in total. The SMILES string of the molecule is C=CCCCCCN(C)C(=NCC(F)F)NCC.I. The van der Waals surface area contributed by atoms with Gasteiger partial charge in [0.1, 0.15) is 6.54 Å². The number of aliphatic imine (C=N–C) groups is 1. The number of allylic oxidation sites excluding steroid dienone is 1. The van der Waals surface area contributed by atoms with Gasteiger partial charge in [0, 0.05) is 20.1 Å². The van der Waals surface area contributed by atoms with Crippen LogP contribution in [0, 0.1) is 0 Å². The Kier molecular flexibility index (Phi) is 15.4. The van der Waals surface area contributed by atoms with Crippen molar-refractivity contribution in [2.24, 2.45) is 4.99 Å². The van der Waals surface area contributed by atoms with Crippen molar-refractivity contribution in [2.75, 3.05) is 26.7 Å². The molecule has 0 aromatic rings. The molecule has 0 fully saturated rings. The minimum absolute atomic E-state index is 0. The van der Waals surface area contributed by atoms with Gasteiger partial charge in [-0.25, -0.2) is 13.8 Å². The second-order valence-electron chi connectivity index (χ2n) is 4.15. The van der Waals surface area contributed by atoms with Crippen LogP contribution in [0.3, 0.4) is 0 Å². The van der Waals surface area contributed by atoms with E-state index >= 15 is 0 Å². The Morgan fingerprint density at radius 1 is 1.37 bits per heavy atom. The first-order valence-corrected chi connectivity index (χ1v) is 6.50. The predicted octanol–water partition coefficient (Wildman–Crippen LogP) is 3.51. The lowest BCUT2D eigenvalue weighted by Crippen LogP contribution is -2.39. The zero-order chi connectivity index (χ0) is 13.8. The zero-order valence-electron chi connectivity index (χ0n) is 11.9. The summed E-state index contributed by atoms with van der Waals surface area (Å²) in [4.78, 5) is 5.80. The standard InChI is InChI=1S/C13H25F2N3.HI/c1-4-6-7-8-9-10-18(3)13(16-5-2)17-11-12(14)15;/h4,12H,1,5-11H2,2-3H3,(H,16,17);1H. The molecule has 6 heteroatoms. The molecule has 0 heterocycles. The maximum absolute atomic E-state index is 12.1. The molecule has 0 aliphatic carbocycles.